The van der Waals surface area contributed by atoms with Crippen LogP contribution in [0.2, 0.25) is 0 Å². The molecule has 0 amide bonds. The highest BCUT2D eigenvalue weighted by molar-refractivity contribution is 5.38. The van der Waals surface area contributed by atoms with Crippen molar-refractivity contribution >= 4 is 0 Å². The van der Waals surface area contributed by atoms with Crippen LogP contribution >= 0.6 is 0 Å². The van der Waals surface area contributed by atoms with Crippen molar-refractivity contribution in [2.75, 3.05) is 14.2 Å². The molecule has 5 nitrogen and oxygen atoms in total. The molecule has 0 radical (unpaired) electrons. The van der Waals surface area contributed by atoms with Crippen molar-refractivity contribution in [2.45, 2.75) is 26.4 Å². The molecule has 0 saturated carbocycles. The molecular weight excluding hydrogens is 266 g/mol. The molecule has 1 aromatic heterocycles. The Hall–Kier alpha value is -2.01. The highest BCUT2D eigenvalue weighted by Gasteiger charge is 2.11. The van der Waals surface area contributed by atoms with Gasteiger partial charge in [-0.1, -0.05) is 0 Å². The highest BCUT2D eigenvalue weighted by Crippen LogP contribution is 2.23. The molecular formula is C16H23N3O2. The molecule has 0 aliphatic rings. The van der Waals surface area contributed by atoms with E-state index in [9.17, 15) is 0 Å². The van der Waals surface area contributed by atoms with Crippen LogP contribution in [0.15, 0.2) is 24.4 Å². The van der Waals surface area contributed by atoms with E-state index in [4.69, 9.17) is 9.47 Å². The number of benzene rings is 1. The van der Waals surface area contributed by atoms with Gasteiger partial charge in [-0.05, 0) is 31.5 Å². The molecule has 21 heavy (non-hydrogen) atoms. The Morgan fingerprint density at radius 2 is 1.81 bits per heavy atom. The fraction of sp³-hybridized carbons (Fsp3) is 0.438. The topological polar surface area (TPSA) is 48.3 Å². The number of rotatable bonds is 6. The normalized spacial score (nSPS) is 12.2. The van der Waals surface area contributed by atoms with Crippen LogP contribution in [-0.4, -0.2) is 24.0 Å². The average molecular weight is 289 g/mol. The summed E-state index contributed by atoms with van der Waals surface area (Å²) in [5.41, 5.74) is 3.40. The SMILES string of the molecule is COc1cc(CNC(C)c2cn(C)nc2C)cc(OC)c1. The van der Waals surface area contributed by atoms with Crippen molar-refractivity contribution < 1.29 is 9.47 Å². The van der Waals surface area contributed by atoms with Crippen LogP contribution in [0.25, 0.3) is 0 Å². The van der Waals surface area contributed by atoms with E-state index in [1.54, 1.807) is 14.2 Å². The first-order valence-corrected chi connectivity index (χ1v) is 6.99. The summed E-state index contributed by atoms with van der Waals surface area (Å²) in [7, 11) is 5.26. The van der Waals surface area contributed by atoms with Crippen LogP contribution in [0.4, 0.5) is 0 Å². The van der Waals surface area contributed by atoms with E-state index in [0.29, 0.717) is 0 Å². The lowest BCUT2D eigenvalue weighted by atomic mass is 10.1. The Morgan fingerprint density at radius 1 is 1.19 bits per heavy atom. The van der Waals surface area contributed by atoms with E-state index in [0.717, 1.165) is 29.3 Å². The number of hydrogen-bond acceptors (Lipinski definition) is 4. The van der Waals surface area contributed by atoms with E-state index < -0.39 is 0 Å². The van der Waals surface area contributed by atoms with Crippen LogP contribution in [0.5, 0.6) is 11.5 Å². The van der Waals surface area contributed by atoms with Crippen molar-refractivity contribution in [3.05, 3.63) is 41.2 Å². The van der Waals surface area contributed by atoms with E-state index in [1.165, 1.54) is 5.56 Å². The lowest BCUT2D eigenvalue weighted by Crippen LogP contribution is -2.18. The first-order valence-electron chi connectivity index (χ1n) is 6.99. The lowest BCUT2D eigenvalue weighted by molar-refractivity contribution is 0.392. The smallest absolute Gasteiger partial charge is 0.122 e. The van der Waals surface area contributed by atoms with Gasteiger partial charge in [0.15, 0.2) is 0 Å². The minimum absolute atomic E-state index is 0.232. The zero-order valence-electron chi connectivity index (χ0n) is 13.3. The molecule has 1 heterocycles. The number of methoxy groups -OCH3 is 2. The summed E-state index contributed by atoms with van der Waals surface area (Å²) in [6, 6.07) is 6.13. The summed E-state index contributed by atoms with van der Waals surface area (Å²) in [6.45, 7) is 4.91. The summed E-state index contributed by atoms with van der Waals surface area (Å²) in [5, 5.41) is 7.89. The number of hydrogen-bond donors (Lipinski definition) is 1. The number of aryl methyl sites for hydroxylation is 2. The summed E-state index contributed by atoms with van der Waals surface area (Å²) >= 11 is 0. The maximum atomic E-state index is 5.29. The number of nitrogens with one attached hydrogen (secondary N) is 1. The third kappa shape index (κ3) is 3.76. The monoisotopic (exact) mass is 289 g/mol. The highest BCUT2D eigenvalue weighted by atomic mass is 16.5. The largest absolute Gasteiger partial charge is 0.497 e. The third-order valence-corrected chi connectivity index (χ3v) is 3.54. The molecule has 2 rings (SSSR count). The van der Waals surface area contributed by atoms with Crippen molar-refractivity contribution in [1.82, 2.24) is 15.1 Å². The molecule has 0 aliphatic carbocycles. The van der Waals surface area contributed by atoms with Gasteiger partial charge in [0, 0.05) is 37.5 Å². The Balaban J connectivity index is 2.07. The molecule has 0 fully saturated rings. The second-order valence-electron chi connectivity index (χ2n) is 5.17. The van der Waals surface area contributed by atoms with Gasteiger partial charge in [-0.2, -0.15) is 5.10 Å². The van der Waals surface area contributed by atoms with Crippen molar-refractivity contribution in [2.24, 2.45) is 7.05 Å². The molecule has 1 atom stereocenters. The predicted octanol–water partition coefficient (Wildman–Crippen LogP) is 2.60. The summed E-state index contributed by atoms with van der Waals surface area (Å²) in [6.07, 6.45) is 2.05. The van der Waals surface area contributed by atoms with Gasteiger partial charge < -0.3 is 14.8 Å². The Morgan fingerprint density at radius 3 is 2.29 bits per heavy atom. The molecule has 2 aromatic rings. The Kier molecular flexibility index (Phi) is 4.85. The van der Waals surface area contributed by atoms with Crippen molar-refractivity contribution in [1.29, 1.82) is 0 Å². The third-order valence-electron chi connectivity index (χ3n) is 3.54. The molecule has 1 aromatic carbocycles. The first-order chi connectivity index (χ1) is 10.0. The molecule has 0 aliphatic heterocycles. The van der Waals surface area contributed by atoms with Crippen LogP contribution < -0.4 is 14.8 Å². The summed E-state index contributed by atoms with van der Waals surface area (Å²) in [4.78, 5) is 0. The average Bonchev–Trinajstić information content (AvgIpc) is 2.83. The minimum atomic E-state index is 0.232. The van der Waals surface area contributed by atoms with Gasteiger partial charge in [-0.25, -0.2) is 0 Å². The maximum absolute atomic E-state index is 5.29. The second kappa shape index (κ2) is 6.63. The van der Waals surface area contributed by atoms with Gasteiger partial charge in [0.05, 0.1) is 19.9 Å². The van der Waals surface area contributed by atoms with Gasteiger partial charge in [0.1, 0.15) is 11.5 Å². The van der Waals surface area contributed by atoms with Crippen LogP contribution in [0.1, 0.15) is 29.8 Å². The molecule has 114 valence electrons. The van der Waals surface area contributed by atoms with Gasteiger partial charge in [0.25, 0.3) is 0 Å². The maximum Gasteiger partial charge on any atom is 0.122 e. The molecule has 5 heteroatoms. The van der Waals surface area contributed by atoms with Gasteiger partial charge in [-0.15, -0.1) is 0 Å². The van der Waals surface area contributed by atoms with E-state index in [1.807, 2.05) is 36.9 Å². The van der Waals surface area contributed by atoms with Gasteiger partial charge in [-0.3, -0.25) is 4.68 Å². The van der Waals surface area contributed by atoms with E-state index in [-0.39, 0.29) is 6.04 Å². The molecule has 1 unspecified atom stereocenters. The van der Waals surface area contributed by atoms with E-state index >= 15 is 0 Å². The van der Waals surface area contributed by atoms with Crippen LogP contribution in [0.3, 0.4) is 0 Å². The molecule has 0 saturated heterocycles. The molecule has 0 spiro atoms. The quantitative estimate of drug-likeness (QED) is 0.888. The zero-order valence-corrected chi connectivity index (χ0v) is 13.3. The van der Waals surface area contributed by atoms with Crippen molar-refractivity contribution in [3.63, 3.8) is 0 Å². The second-order valence-corrected chi connectivity index (χ2v) is 5.17. The fourth-order valence-electron chi connectivity index (χ4n) is 2.39. The summed E-state index contributed by atoms with van der Waals surface area (Å²) in [5.74, 6) is 1.60. The molecule has 0 bridgehead atoms. The van der Waals surface area contributed by atoms with Crippen LogP contribution in [0, 0.1) is 6.92 Å². The predicted molar refractivity (Wildman–Crippen MR) is 82.7 cm³/mol. The van der Waals surface area contributed by atoms with Crippen molar-refractivity contribution in [3.8, 4) is 11.5 Å². The molecule has 1 N–H and O–H groups in total. The van der Waals surface area contributed by atoms with Crippen LogP contribution in [-0.2, 0) is 13.6 Å². The Bertz CT molecular complexity index is 585. The number of aromatic nitrogens is 2. The van der Waals surface area contributed by atoms with Gasteiger partial charge >= 0.3 is 0 Å². The Labute approximate surface area is 125 Å². The first kappa shape index (κ1) is 15.4. The van der Waals surface area contributed by atoms with E-state index in [2.05, 4.69) is 23.5 Å². The standard InChI is InChI=1S/C16H23N3O2/c1-11(16-10-19(3)18-12(16)2)17-9-13-6-14(20-4)8-15(7-13)21-5/h6-8,10-11,17H,9H2,1-5H3. The number of ether oxygens (including phenoxy) is 2. The number of nitrogens with zero attached hydrogens (tertiary/aromatic N) is 2. The minimum Gasteiger partial charge on any atom is -0.497 e. The summed E-state index contributed by atoms with van der Waals surface area (Å²) < 4.78 is 12.4. The lowest BCUT2D eigenvalue weighted by Gasteiger charge is -2.14. The van der Waals surface area contributed by atoms with Gasteiger partial charge in [0.2, 0.25) is 0 Å². The zero-order chi connectivity index (χ0) is 15.4. The fourth-order valence-corrected chi connectivity index (χ4v) is 2.39.